The van der Waals surface area contributed by atoms with Crippen LogP contribution in [0.3, 0.4) is 0 Å². The average Bonchev–Trinajstić information content (AvgIpc) is 3.19. The van der Waals surface area contributed by atoms with Gasteiger partial charge in [0.05, 0.1) is 16.2 Å². The molecule has 0 radical (unpaired) electrons. The number of hydrogen-bond acceptors (Lipinski definition) is 6. The van der Waals surface area contributed by atoms with Crippen LogP contribution >= 0.6 is 0 Å². The van der Waals surface area contributed by atoms with Crippen LogP contribution in [0.5, 0.6) is 5.75 Å². The predicted molar refractivity (Wildman–Crippen MR) is 105 cm³/mol. The van der Waals surface area contributed by atoms with Gasteiger partial charge in [0.25, 0.3) is 5.69 Å². The van der Waals surface area contributed by atoms with Gasteiger partial charge >= 0.3 is 0 Å². The van der Waals surface area contributed by atoms with Crippen molar-refractivity contribution in [2.45, 2.75) is 0 Å². The number of aromatic nitrogens is 3. The molecule has 0 spiro atoms. The van der Waals surface area contributed by atoms with Crippen molar-refractivity contribution in [2.75, 3.05) is 0 Å². The molecule has 4 rings (SSSR count). The Labute approximate surface area is 164 Å². The van der Waals surface area contributed by atoms with E-state index in [9.17, 15) is 20.0 Å². The molecule has 2 aromatic carbocycles. The molecule has 2 heterocycles. The van der Waals surface area contributed by atoms with E-state index >= 15 is 0 Å². The molecular weight excluding hydrogens is 372 g/mol. The van der Waals surface area contributed by atoms with E-state index in [0.29, 0.717) is 22.4 Å². The molecule has 0 atom stereocenters. The van der Waals surface area contributed by atoms with Crippen molar-refractivity contribution in [3.8, 4) is 28.3 Å². The zero-order valence-corrected chi connectivity index (χ0v) is 14.9. The minimum Gasteiger partial charge on any atom is -0.507 e. The lowest BCUT2D eigenvalue weighted by Crippen LogP contribution is -2.04. The summed E-state index contributed by atoms with van der Waals surface area (Å²) in [5, 5.41) is 28.5. The highest BCUT2D eigenvalue weighted by molar-refractivity contribution is 6.16. The molecule has 0 saturated heterocycles. The third-order valence-electron chi connectivity index (χ3n) is 4.42. The maximum Gasteiger partial charge on any atom is 0.270 e. The number of aromatic amines is 1. The van der Waals surface area contributed by atoms with E-state index in [0.717, 1.165) is 0 Å². The molecule has 0 bridgehead atoms. The molecule has 29 heavy (non-hydrogen) atoms. The zero-order chi connectivity index (χ0) is 20.4. The number of non-ortho nitro benzene ring substituents is 1. The van der Waals surface area contributed by atoms with E-state index in [1.165, 1.54) is 30.5 Å². The summed E-state index contributed by atoms with van der Waals surface area (Å²) < 4.78 is 0. The van der Waals surface area contributed by atoms with E-state index in [1.54, 1.807) is 42.6 Å². The van der Waals surface area contributed by atoms with Gasteiger partial charge in [0.1, 0.15) is 11.4 Å². The molecule has 8 heteroatoms. The van der Waals surface area contributed by atoms with Crippen molar-refractivity contribution >= 4 is 11.5 Å². The maximum atomic E-state index is 13.3. The van der Waals surface area contributed by atoms with Gasteiger partial charge in [-0.15, -0.1) is 0 Å². The average molecular weight is 386 g/mol. The van der Waals surface area contributed by atoms with Crippen molar-refractivity contribution in [1.82, 2.24) is 15.2 Å². The molecule has 2 N–H and O–H groups in total. The highest BCUT2D eigenvalue weighted by Gasteiger charge is 2.25. The van der Waals surface area contributed by atoms with E-state index in [-0.39, 0.29) is 28.5 Å². The Balaban J connectivity index is 1.96. The molecule has 0 aliphatic carbocycles. The van der Waals surface area contributed by atoms with Gasteiger partial charge in [-0.05, 0) is 24.3 Å². The van der Waals surface area contributed by atoms with Crippen molar-refractivity contribution in [2.24, 2.45) is 0 Å². The zero-order valence-electron chi connectivity index (χ0n) is 14.9. The molecule has 0 saturated carbocycles. The van der Waals surface area contributed by atoms with Crippen LogP contribution in [-0.2, 0) is 0 Å². The highest BCUT2D eigenvalue weighted by Crippen LogP contribution is 2.36. The van der Waals surface area contributed by atoms with Gasteiger partial charge in [0.2, 0.25) is 0 Å². The number of nitro benzene ring substituents is 1. The second kappa shape index (κ2) is 7.35. The van der Waals surface area contributed by atoms with Crippen LogP contribution in [0.1, 0.15) is 15.9 Å². The number of ketones is 1. The smallest absolute Gasteiger partial charge is 0.270 e. The minimum absolute atomic E-state index is 0.0259. The van der Waals surface area contributed by atoms with Crippen molar-refractivity contribution in [3.05, 3.63) is 94.3 Å². The van der Waals surface area contributed by atoms with Crippen LogP contribution in [0.25, 0.3) is 22.5 Å². The van der Waals surface area contributed by atoms with Crippen molar-refractivity contribution in [1.29, 1.82) is 0 Å². The number of phenolic OH excluding ortho intramolecular Hbond substituents is 1. The summed E-state index contributed by atoms with van der Waals surface area (Å²) in [7, 11) is 0. The summed E-state index contributed by atoms with van der Waals surface area (Å²) in [4.78, 5) is 27.9. The largest absolute Gasteiger partial charge is 0.507 e. The fourth-order valence-corrected chi connectivity index (χ4v) is 3.06. The van der Waals surface area contributed by atoms with Gasteiger partial charge in [0.15, 0.2) is 5.78 Å². The van der Waals surface area contributed by atoms with Gasteiger partial charge in [-0.3, -0.25) is 25.0 Å². The summed E-state index contributed by atoms with van der Waals surface area (Å²) in [6.45, 7) is 0. The summed E-state index contributed by atoms with van der Waals surface area (Å²) >= 11 is 0. The van der Waals surface area contributed by atoms with E-state index in [4.69, 9.17) is 0 Å². The lowest BCUT2D eigenvalue weighted by molar-refractivity contribution is -0.384. The fraction of sp³-hybridized carbons (Fsp3) is 0. The number of para-hydroxylation sites is 1. The van der Waals surface area contributed by atoms with Gasteiger partial charge in [-0.1, -0.05) is 24.3 Å². The summed E-state index contributed by atoms with van der Waals surface area (Å²) in [5.74, 6) is -0.395. The Morgan fingerprint density at radius 2 is 1.90 bits per heavy atom. The number of hydrogen-bond donors (Lipinski definition) is 2. The van der Waals surface area contributed by atoms with Crippen LogP contribution in [-0.4, -0.2) is 31.0 Å². The Kier molecular flexibility index (Phi) is 4.58. The normalized spacial score (nSPS) is 10.6. The third-order valence-corrected chi connectivity index (χ3v) is 4.42. The molecule has 142 valence electrons. The molecular formula is C21H14N4O4. The molecule has 0 aliphatic rings. The first kappa shape index (κ1) is 18.1. The van der Waals surface area contributed by atoms with Gasteiger partial charge < -0.3 is 5.11 Å². The predicted octanol–water partition coefficient (Wildman–Crippen LogP) is 3.98. The van der Waals surface area contributed by atoms with Crippen LogP contribution in [0.2, 0.25) is 0 Å². The number of H-pyrrole nitrogens is 1. The second-order valence-electron chi connectivity index (χ2n) is 6.22. The number of nitrogens with zero attached hydrogens (tertiary/aromatic N) is 3. The maximum absolute atomic E-state index is 13.3. The molecule has 0 amide bonds. The lowest BCUT2D eigenvalue weighted by atomic mass is 9.95. The highest BCUT2D eigenvalue weighted by atomic mass is 16.6. The molecule has 8 nitrogen and oxygen atoms in total. The first-order valence-electron chi connectivity index (χ1n) is 8.62. The lowest BCUT2D eigenvalue weighted by Gasteiger charge is -2.07. The van der Waals surface area contributed by atoms with Crippen LogP contribution < -0.4 is 0 Å². The minimum atomic E-state index is -0.511. The molecule has 4 aromatic rings. The molecule has 2 aromatic heterocycles. The van der Waals surface area contributed by atoms with E-state index in [1.807, 2.05) is 0 Å². The number of pyridine rings is 1. The first-order valence-corrected chi connectivity index (χ1v) is 8.62. The topological polar surface area (TPSA) is 122 Å². The summed E-state index contributed by atoms with van der Waals surface area (Å²) in [6, 6.07) is 15.7. The monoisotopic (exact) mass is 386 g/mol. The Hall–Kier alpha value is -4.33. The second-order valence-corrected chi connectivity index (χ2v) is 6.22. The Morgan fingerprint density at radius 3 is 2.62 bits per heavy atom. The van der Waals surface area contributed by atoms with Gasteiger partial charge in [0, 0.05) is 41.2 Å². The van der Waals surface area contributed by atoms with Gasteiger partial charge in [-0.2, -0.15) is 5.10 Å². The third kappa shape index (κ3) is 3.34. The van der Waals surface area contributed by atoms with Crippen LogP contribution in [0, 0.1) is 10.1 Å². The number of aromatic hydroxyl groups is 1. The summed E-state index contributed by atoms with van der Waals surface area (Å²) in [5.41, 5.74) is 1.78. The Morgan fingerprint density at radius 1 is 1.07 bits per heavy atom. The van der Waals surface area contributed by atoms with E-state index < -0.39 is 4.92 Å². The number of carbonyl (C=O) groups is 1. The summed E-state index contributed by atoms with van der Waals surface area (Å²) in [6.07, 6.45) is 2.98. The molecule has 0 aliphatic heterocycles. The van der Waals surface area contributed by atoms with Crippen LogP contribution in [0.4, 0.5) is 5.69 Å². The number of nitrogens with one attached hydrogen (secondary N) is 1. The number of phenols is 1. The molecule has 0 fully saturated rings. The Bertz CT molecular complexity index is 1220. The molecule has 0 unspecified atom stereocenters. The first-order chi connectivity index (χ1) is 14.1. The number of rotatable bonds is 5. The fourth-order valence-electron chi connectivity index (χ4n) is 3.06. The van der Waals surface area contributed by atoms with Gasteiger partial charge in [-0.25, -0.2) is 0 Å². The van der Waals surface area contributed by atoms with Crippen molar-refractivity contribution < 1.29 is 14.8 Å². The number of nitro groups is 1. The number of benzene rings is 2. The van der Waals surface area contributed by atoms with Crippen LogP contribution in [0.15, 0.2) is 73.1 Å². The van der Waals surface area contributed by atoms with Crippen molar-refractivity contribution in [3.63, 3.8) is 0 Å². The quantitative estimate of drug-likeness (QED) is 0.304. The number of carbonyl (C=O) groups excluding carboxylic acids is 1. The standard InChI is InChI=1S/C21H14N4O4/c26-17-9-2-1-8-16(17)20-18(21(27)14-6-4-10-22-12-14)19(23-24-20)13-5-3-7-15(11-13)25(28)29/h1-12,26H,(H,23,24). The van der Waals surface area contributed by atoms with E-state index in [2.05, 4.69) is 15.2 Å². The SMILES string of the molecule is O=C(c1cccnc1)c1c(-c2cccc([N+](=O)[O-])c2)n[nH]c1-c1ccccc1O.